The number of ether oxygens (including phenoxy) is 1. The molecule has 10 heterocycles. The number of nitrogen functional groups attached to an aromatic ring is 5. The molecule has 0 spiro atoms. The summed E-state index contributed by atoms with van der Waals surface area (Å²) in [5.74, 6) is 3.25. The lowest BCUT2D eigenvalue weighted by Gasteiger charge is -2.25. The molecule has 0 saturated carbocycles. The number of nitrogens with two attached hydrogens (primary N) is 5. The number of anilines is 5. The van der Waals surface area contributed by atoms with Gasteiger partial charge in [-0.25, -0.2) is 49.8 Å². The minimum absolute atomic E-state index is 0.108. The van der Waals surface area contributed by atoms with Crippen LogP contribution in [0.5, 0.6) is 5.75 Å². The molecule has 25 heteroatoms. The summed E-state index contributed by atoms with van der Waals surface area (Å²) in [4.78, 5) is 43.3. The number of benzene rings is 5. The molecule has 0 saturated heterocycles. The molecule has 0 amide bonds. The van der Waals surface area contributed by atoms with Gasteiger partial charge in [-0.2, -0.15) is 0 Å². The number of hydrogen-bond donors (Lipinski definition) is 5. The molecule has 10 aromatic heterocycles. The molecule has 0 aliphatic rings. The second-order valence-corrected chi connectivity index (χ2v) is 34.5. The Kier molecular flexibility index (Phi) is 24.5. The van der Waals surface area contributed by atoms with E-state index in [0.29, 0.717) is 49.4 Å². The Balaban J connectivity index is 0.000000142. The summed E-state index contributed by atoms with van der Waals surface area (Å²) < 4.78 is 16.1. The quantitative estimate of drug-likeness (QED) is 0.0897. The number of nitrogens with zero attached hydrogens (tertiary/aromatic N) is 15. The van der Waals surface area contributed by atoms with Crippen molar-refractivity contribution < 1.29 is 4.74 Å². The number of halogens is 4. The highest BCUT2D eigenvalue weighted by atomic mass is 35.5. The average Bonchev–Trinajstić information content (AvgIpc) is 1.60. The Morgan fingerprint density at radius 1 is 0.348 bits per heavy atom. The van der Waals surface area contributed by atoms with Crippen LogP contribution in [-0.4, -0.2) is 79.8 Å². The van der Waals surface area contributed by atoms with Crippen LogP contribution in [0.25, 0.3) is 111 Å². The molecular weight excluding hydrogens is 1520 g/mol. The van der Waals surface area contributed by atoms with Crippen LogP contribution in [0, 0.1) is 62.3 Å². The fraction of sp³-hybridized carbons (Fsp3) is 0.333. The molecule has 0 bridgehead atoms. The highest BCUT2D eigenvalue weighted by Gasteiger charge is 2.33. The number of fused-ring (bicyclic) bond motifs is 5. The SMILES string of the molecule is CCc1c(-c2ccc(OC)cc2C)c2c(N)ncnc2n1C(C)(C)C.Cc1ccc(-c2c(Cl)n(C(C)(C)C)c3ncnc(N)c23)c(C)c1.Cc1ccc(-c2c(Cl)n(C(C)(C)C)c3ncnc(N)c23)c(C)c1.Cc1ccc(Cl)c(-c2c(C)n(C(C)C)c3ncnc(N)c23)c1.Cc1ccc(Cl)c(-c2c(C)n(C(C)C)c3ncnc(N)c23)c1. The first-order chi connectivity index (χ1) is 54.0. The molecule has 600 valence electrons. The summed E-state index contributed by atoms with van der Waals surface area (Å²) in [5, 5.41) is 7.03. The average molecular weight is 1630 g/mol. The van der Waals surface area contributed by atoms with Gasteiger partial charge in [-0.3, -0.25) is 0 Å². The van der Waals surface area contributed by atoms with Gasteiger partial charge in [-0.1, -0.05) is 130 Å². The molecule has 10 N–H and O–H groups in total. The molecule has 0 unspecified atom stereocenters. The van der Waals surface area contributed by atoms with Crippen LogP contribution < -0.4 is 33.4 Å². The smallest absolute Gasteiger partial charge is 0.147 e. The summed E-state index contributed by atoms with van der Waals surface area (Å²) in [6, 6.07) is 31.3. The van der Waals surface area contributed by atoms with E-state index in [2.05, 4.69) is 283 Å². The van der Waals surface area contributed by atoms with Crippen molar-refractivity contribution in [1.82, 2.24) is 72.7 Å². The maximum atomic E-state index is 6.79. The fourth-order valence-corrected chi connectivity index (χ4v) is 17.3. The zero-order valence-electron chi connectivity index (χ0n) is 70.4. The van der Waals surface area contributed by atoms with Crippen molar-refractivity contribution in [2.45, 2.75) is 194 Å². The Morgan fingerprint density at radius 2 is 0.635 bits per heavy atom. The van der Waals surface area contributed by atoms with Crippen LogP contribution in [-0.2, 0) is 23.0 Å². The van der Waals surface area contributed by atoms with Gasteiger partial charge >= 0.3 is 0 Å². The third-order valence-electron chi connectivity index (χ3n) is 20.6. The van der Waals surface area contributed by atoms with Crippen LogP contribution in [0.4, 0.5) is 29.1 Å². The molecule has 15 rings (SSSR count). The summed E-state index contributed by atoms with van der Waals surface area (Å²) >= 11 is 26.5. The van der Waals surface area contributed by atoms with Gasteiger partial charge < -0.3 is 56.2 Å². The second-order valence-electron chi connectivity index (χ2n) is 32.9. The van der Waals surface area contributed by atoms with E-state index in [4.69, 9.17) is 79.8 Å². The van der Waals surface area contributed by atoms with Gasteiger partial charge in [0.15, 0.2) is 0 Å². The first-order valence-electron chi connectivity index (χ1n) is 38.4. The predicted molar refractivity (Wildman–Crippen MR) is 481 cm³/mol. The molecule has 0 fully saturated rings. The lowest BCUT2D eigenvalue weighted by molar-refractivity contribution is 0.397. The molecule has 15 aromatic rings. The molecule has 21 nitrogen and oxygen atoms in total. The van der Waals surface area contributed by atoms with Crippen molar-refractivity contribution in [3.8, 4) is 61.4 Å². The maximum absolute atomic E-state index is 6.79. The largest absolute Gasteiger partial charge is 0.497 e. The van der Waals surface area contributed by atoms with Gasteiger partial charge in [-0.15, -0.1) is 0 Å². The number of aromatic nitrogens is 15. The summed E-state index contributed by atoms with van der Waals surface area (Å²) in [5.41, 5.74) is 56.4. The molecule has 5 aromatic carbocycles. The van der Waals surface area contributed by atoms with E-state index in [-0.39, 0.29) is 28.7 Å². The van der Waals surface area contributed by atoms with E-state index in [0.717, 1.165) is 162 Å². The predicted octanol–water partition coefficient (Wildman–Crippen LogP) is 22.8. The second kappa shape index (κ2) is 33.2. The number of methoxy groups -OCH3 is 1. The van der Waals surface area contributed by atoms with Crippen LogP contribution in [0.15, 0.2) is 123 Å². The van der Waals surface area contributed by atoms with Crippen molar-refractivity contribution in [2.24, 2.45) is 0 Å². The van der Waals surface area contributed by atoms with Crippen molar-refractivity contribution >= 4 is 131 Å². The molecule has 0 aliphatic heterocycles. The van der Waals surface area contributed by atoms with E-state index in [1.165, 1.54) is 42.1 Å². The van der Waals surface area contributed by atoms with Gasteiger partial charge in [0.05, 0.1) is 34.0 Å². The van der Waals surface area contributed by atoms with E-state index >= 15 is 0 Å². The molecule has 115 heavy (non-hydrogen) atoms. The summed E-state index contributed by atoms with van der Waals surface area (Å²) in [6.45, 7) is 48.5. The molecule has 0 atom stereocenters. The lowest BCUT2D eigenvalue weighted by Crippen LogP contribution is -2.24. The van der Waals surface area contributed by atoms with E-state index in [9.17, 15) is 0 Å². The highest BCUT2D eigenvalue weighted by Crippen LogP contribution is 2.49. The monoisotopic (exact) mass is 1620 g/mol. The van der Waals surface area contributed by atoms with Crippen molar-refractivity contribution in [2.75, 3.05) is 35.8 Å². The van der Waals surface area contributed by atoms with E-state index in [1.54, 1.807) is 13.4 Å². The Morgan fingerprint density at radius 3 is 0.948 bits per heavy atom. The van der Waals surface area contributed by atoms with Crippen LogP contribution in [0.2, 0.25) is 20.4 Å². The minimum Gasteiger partial charge on any atom is -0.497 e. The third kappa shape index (κ3) is 16.3. The van der Waals surface area contributed by atoms with Crippen molar-refractivity contribution in [3.63, 3.8) is 0 Å². The van der Waals surface area contributed by atoms with E-state index < -0.39 is 0 Å². The van der Waals surface area contributed by atoms with Gasteiger partial charge in [0.2, 0.25) is 0 Å². The van der Waals surface area contributed by atoms with Gasteiger partial charge in [0.1, 0.15) is 105 Å². The zero-order valence-corrected chi connectivity index (χ0v) is 73.4. The Hall–Kier alpha value is -10.8. The van der Waals surface area contributed by atoms with E-state index in [1.807, 2.05) is 39.5 Å². The van der Waals surface area contributed by atoms with Crippen LogP contribution >= 0.6 is 46.4 Å². The summed E-state index contributed by atoms with van der Waals surface area (Å²) in [7, 11) is 1.68. The molecular formula is C90H106Cl4N20O. The van der Waals surface area contributed by atoms with Crippen molar-refractivity contribution in [3.05, 3.63) is 199 Å². The number of rotatable bonds is 9. The van der Waals surface area contributed by atoms with Gasteiger partial charge in [-0.05, 0) is 229 Å². The topological polar surface area (TPSA) is 293 Å². The fourth-order valence-electron chi connectivity index (χ4n) is 15.8. The van der Waals surface area contributed by atoms with Gasteiger partial charge in [0.25, 0.3) is 0 Å². The zero-order chi connectivity index (χ0) is 84.3. The highest BCUT2D eigenvalue weighted by molar-refractivity contribution is 6.36. The standard InChI is InChI=1S/C20H26N4O.2C18H21ClN4.2C17H19ClN4/c1-7-15-16(14-9-8-13(25-6)10-12(14)2)17-18(21)22-11-23-19(17)24(15)20(3,4)5;2*1-10-6-7-12(11(2)8-10)13-14-16(20)21-9-22-17(14)23(15(13)19)18(3,4)5;2*1-9(2)22-11(4)14(12-7-10(3)5-6-13(12)18)15-16(19)20-8-21-17(15)22/h8-11H,7H2,1-6H3,(H2,21,22,23);2*6-9H,1-5H3,(H2,20,21,22);2*5-9H,1-4H3,(H2,19,20,21). The lowest BCUT2D eigenvalue weighted by atomic mass is 9.96. The van der Waals surface area contributed by atoms with Crippen LogP contribution in [0.1, 0.15) is 165 Å². The van der Waals surface area contributed by atoms with Crippen LogP contribution in [0.3, 0.4) is 0 Å². The third-order valence-corrected chi connectivity index (χ3v) is 22.0. The normalized spacial score (nSPS) is 11.8. The van der Waals surface area contributed by atoms with Gasteiger partial charge in [0, 0.05) is 94.8 Å². The maximum Gasteiger partial charge on any atom is 0.147 e. The minimum atomic E-state index is -0.215. The first kappa shape index (κ1) is 85.1. The number of hydrogen-bond acceptors (Lipinski definition) is 16. The summed E-state index contributed by atoms with van der Waals surface area (Å²) in [6.07, 6.45) is 8.43. The first-order valence-corrected chi connectivity index (χ1v) is 39.9. The Labute approximate surface area is 694 Å². The molecule has 0 aliphatic carbocycles. The Bertz CT molecular complexity index is 5920. The number of aryl methyl sites for hydroxylation is 7. The molecule has 0 radical (unpaired) electrons. The van der Waals surface area contributed by atoms with Crippen molar-refractivity contribution in [1.29, 1.82) is 0 Å².